The number of aryl methyl sites for hydroxylation is 1. The lowest BCUT2D eigenvalue weighted by Crippen LogP contribution is -2.50. The van der Waals surface area contributed by atoms with Gasteiger partial charge in [0, 0.05) is 26.2 Å². The standard InChI is InChI=1S/C24H25N7O2/c1-18-6-5-9-20(14-18)33-16-21(32)29-10-12-30(13-11-29)23-22-24(26-17-25-23)31(28-27-22)15-19-7-3-2-4-8-19/h2-9,14,17H,10-13,15-16H2,1H3. The predicted molar refractivity (Wildman–Crippen MR) is 124 cm³/mol. The second kappa shape index (κ2) is 9.23. The van der Waals surface area contributed by atoms with Gasteiger partial charge in [-0.3, -0.25) is 4.79 Å². The molecule has 0 unspecified atom stereocenters. The first-order valence-corrected chi connectivity index (χ1v) is 11.0. The summed E-state index contributed by atoms with van der Waals surface area (Å²) in [5.41, 5.74) is 3.61. The summed E-state index contributed by atoms with van der Waals surface area (Å²) in [7, 11) is 0. The van der Waals surface area contributed by atoms with E-state index >= 15 is 0 Å². The van der Waals surface area contributed by atoms with Crippen molar-refractivity contribution in [1.29, 1.82) is 0 Å². The number of ether oxygens (including phenoxy) is 1. The number of nitrogens with zero attached hydrogens (tertiary/aromatic N) is 7. The van der Waals surface area contributed by atoms with E-state index in [4.69, 9.17) is 4.74 Å². The molecule has 0 aliphatic carbocycles. The molecular formula is C24H25N7O2. The van der Waals surface area contributed by atoms with E-state index < -0.39 is 0 Å². The second-order valence-corrected chi connectivity index (χ2v) is 8.08. The van der Waals surface area contributed by atoms with Crippen LogP contribution in [0.15, 0.2) is 60.9 Å². The number of hydrogen-bond donors (Lipinski definition) is 0. The SMILES string of the molecule is Cc1cccc(OCC(=O)N2CCN(c3ncnc4c3nnn4Cc3ccccc3)CC2)c1. The van der Waals surface area contributed by atoms with Gasteiger partial charge >= 0.3 is 0 Å². The van der Waals surface area contributed by atoms with Crippen molar-refractivity contribution in [1.82, 2.24) is 29.9 Å². The fraction of sp³-hybridized carbons (Fsp3) is 0.292. The maximum absolute atomic E-state index is 12.6. The van der Waals surface area contributed by atoms with Crippen LogP contribution in [0.5, 0.6) is 5.75 Å². The van der Waals surface area contributed by atoms with Gasteiger partial charge in [0.25, 0.3) is 5.91 Å². The van der Waals surface area contributed by atoms with Crippen LogP contribution in [-0.4, -0.2) is 68.6 Å². The molecule has 1 amide bonds. The summed E-state index contributed by atoms with van der Waals surface area (Å²) >= 11 is 0. The fourth-order valence-electron chi connectivity index (χ4n) is 3.98. The first-order chi connectivity index (χ1) is 16.2. The Hall–Kier alpha value is -4.01. The van der Waals surface area contributed by atoms with E-state index in [1.54, 1.807) is 11.0 Å². The van der Waals surface area contributed by atoms with E-state index in [1.165, 1.54) is 0 Å². The lowest BCUT2D eigenvalue weighted by Gasteiger charge is -2.35. The number of amides is 1. The summed E-state index contributed by atoms with van der Waals surface area (Å²) in [6.07, 6.45) is 1.55. The van der Waals surface area contributed by atoms with Crippen LogP contribution in [0, 0.1) is 6.92 Å². The third kappa shape index (κ3) is 4.62. The zero-order valence-electron chi connectivity index (χ0n) is 18.5. The van der Waals surface area contributed by atoms with Crippen molar-refractivity contribution in [3.8, 4) is 5.75 Å². The Bertz CT molecular complexity index is 1250. The number of rotatable bonds is 6. The van der Waals surface area contributed by atoms with Crippen LogP contribution < -0.4 is 9.64 Å². The van der Waals surface area contributed by atoms with Crippen molar-refractivity contribution in [2.75, 3.05) is 37.7 Å². The summed E-state index contributed by atoms with van der Waals surface area (Å²) in [5.74, 6) is 1.45. The number of carbonyl (C=O) groups excluding carboxylic acids is 1. The number of fused-ring (bicyclic) bond motifs is 1. The molecule has 33 heavy (non-hydrogen) atoms. The van der Waals surface area contributed by atoms with Crippen molar-refractivity contribution < 1.29 is 9.53 Å². The van der Waals surface area contributed by atoms with Crippen molar-refractivity contribution in [3.05, 3.63) is 72.1 Å². The Kier molecular flexibility index (Phi) is 5.84. The van der Waals surface area contributed by atoms with Crippen molar-refractivity contribution in [3.63, 3.8) is 0 Å². The summed E-state index contributed by atoms with van der Waals surface area (Å²) < 4.78 is 7.47. The average Bonchev–Trinajstić information content (AvgIpc) is 3.26. The smallest absolute Gasteiger partial charge is 0.260 e. The monoisotopic (exact) mass is 443 g/mol. The van der Waals surface area contributed by atoms with Gasteiger partial charge in [0.1, 0.15) is 12.1 Å². The minimum absolute atomic E-state index is 0.0159. The maximum atomic E-state index is 12.6. The predicted octanol–water partition coefficient (Wildman–Crippen LogP) is 2.31. The number of carbonyl (C=O) groups is 1. The molecule has 1 aliphatic heterocycles. The number of hydrogen-bond acceptors (Lipinski definition) is 7. The molecule has 1 fully saturated rings. The molecule has 2 aromatic carbocycles. The number of anilines is 1. The zero-order chi connectivity index (χ0) is 22.6. The van der Waals surface area contributed by atoms with Crippen LogP contribution in [-0.2, 0) is 11.3 Å². The van der Waals surface area contributed by atoms with Crippen molar-refractivity contribution in [2.45, 2.75) is 13.5 Å². The molecule has 3 heterocycles. The fourth-order valence-corrected chi connectivity index (χ4v) is 3.98. The third-order valence-corrected chi connectivity index (χ3v) is 5.74. The van der Waals surface area contributed by atoms with Gasteiger partial charge in [-0.05, 0) is 30.2 Å². The van der Waals surface area contributed by atoms with Gasteiger partial charge in [-0.25, -0.2) is 14.6 Å². The number of aromatic nitrogens is 5. The van der Waals surface area contributed by atoms with Crippen LogP contribution in [0.1, 0.15) is 11.1 Å². The summed E-state index contributed by atoms with van der Waals surface area (Å²) in [4.78, 5) is 25.5. The van der Waals surface area contributed by atoms with Gasteiger partial charge in [-0.2, -0.15) is 0 Å². The minimum atomic E-state index is -0.0159. The topological polar surface area (TPSA) is 89.3 Å². The van der Waals surface area contributed by atoms with Gasteiger partial charge in [0.05, 0.1) is 6.54 Å². The maximum Gasteiger partial charge on any atom is 0.260 e. The van der Waals surface area contributed by atoms with Gasteiger partial charge in [0.2, 0.25) is 0 Å². The lowest BCUT2D eigenvalue weighted by atomic mass is 10.2. The first kappa shape index (κ1) is 20.9. The molecule has 2 aromatic heterocycles. The van der Waals surface area contributed by atoms with Crippen LogP contribution in [0.3, 0.4) is 0 Å². The summed E-state index contributed by atoms with van der Waals surface area (Å²) in [6.45, 7) is 5.14. The van der Waals surface area contributed by atoms with Gasteiger partial charge in [0.15, 0.2) is 23.6 Å². The van der Waals surface area contributed by atoms with E-state index in [9.17, 15) is 4.79 Å². The van der Waals surface area contributed by atoms with E-state index in [0.29, 0.717) is 49.6 Å². The first-order valence-electron chi connectivity index (χ1n) is 11.0. The summed E-state index contributed by atoms with van der Waals surface area (Å²) in [6, 6.07) is 17.8. The molecule has 0 saturated carbocycles. The molecule has 0 N–H and O–H groups in total. The van der Waals surface area contributed by atoms with E-state index in [2.05, 4.69) is 37.3 Å². The lowest BCUT2D eigenvalue weighted by molar-refractivity contribution is -0.133. The highest BCUT2D eigenvalue weighted by Gasteiger charge is 2.25. The molecule has 0 bridgehead atoms. The normalized spacial score (nSPS) is 14.0. The van der Waals surface area contributed by atoms with Crippen LogP contribution >= 0.6 is 0 Å². The van der Waals surface area contributed by atoms with Crippen LogP contribution in [0.2, 0.25) is 0 Å². The largest absolute Gasteiger partial charge is 0.484 e. The Morgan fingerprint density at radius 2 is 1.82 bits per heavy atom. The Balaban J connectivity index is 1.22. The van der Waals surface area contributed by atoms with Gasteiger partial charge in [-0.1, -0.05) is 47.7 Å². The number of piperazine rings is 1. The quantitative estimate of drug-likeness (QED) is 0.452. The molecular weight excluding hydrogens is 418 g/mol. The molecule has 0 spiro atoms. The number of benzene rings is 2. The van der Waals surface area contributed by atoms with E-state index in [0.717, 1.165) is 16.9 Å². The van der Waals surface area contributed by atoms with Gasteiger partial charge < -0.3 is 14.5 Å². The Morgan fingerprint density at radius 1 is 1.00 bits per heavy atom. The second-order valence-electron chi connectivity index (χ2n) is 8.08. The molecule has 1 saturated heterocycles. The average molecular weight is 444 g/mol. The Morgan fingerprint density at radius 3 is 2.61 bits per heavy atom. The van der Waals surface area contributed by atoms with Gasteiger partial charge in [-0.15, -0.1) is 5.10 Å². The molecule has 168 valence electrons. The van der Waals surface area contributed by atoms with Crippen molar-refractivity contribution >= 4 is 22.9 Å². The molecule has 9 nitrogen and oxygen atoms in total. The molecule has 9 heteroatoms. The summed E-state index contributed by atoms with van der Waals surface area (Å²) in [5, 5.41) is 8.66. The zero-order valence-corrected chi connectivity index (χ0v) is 18.5. The molecule has 1 aliphatic rings. The molecule has 0 atom stereocenters. The van der Waals surface area contributed by atoms with E-state index in [-0.39, 0.29) is 12.5 Å². The van der Waals surface area contributed by atoms with E-state index in [1.807, 2.05) is 54.3 Å². The minimum Gasteiger partial charge on any atom is -0.484 e. The molecule has 5 rings (SSSR count). The van der Waals surface area contributed by atoms with Crippen molar-refractivity contribution in [2.24, 2.45) is 0 Å². The third-order valence-electron chi connectivity index (χ3n) is 5.74. The van der Waals surface area contributed by atoms with Crippen LogP contribution in [0.4, 0.5) is 5.82 Å². The molecule has 0 radical (unpaired) electrons. The molecule has 4 aromatic rings. The van der Waals surface area contributed by atoms with Crippen LogP contribution in [0.25, 0.3) is 11.2 Å². The highest BCUT2D eigenvalue weighted by molar-refractivity contribution is 5.83. The highest BCUT2D eigenvalue weighted by Crippen LogP contribution is 2.22. The Labute approximate surface area is 191 Å². The highest BCUT2D eigenvalue weighted by atomic mass is 16.5.